The molecule has 66 valence electrons. The Bertz CT molecular complexity index is 248. The number of hydrogen-bond donors (Lipinski definition) is 1. The Hall–Kier alpha value is -1.59. The summed E-state index contributed by atoms with van der Waals surface area (Å²) < 4.78 is 4.39. The van der Waals surface area contributed by atoms with Crippen LogP contribution in [0.5, 0.6) is 0 Å². The van der Waals surface area contributed by atoms with Gasteiger partial charge >= 0.3 is 12.1 Å². The molecule has 0 aromatic rings. The van der Waals surface area contributed by atoms with Gasteiger partial charge in [-0.1, -0.05) is 0 Å². The van der Waals surface area contributed by atoms with E-state index in [1.165, 1.54) is 0 Å². The number of hydrogen-bond acceptors (Lipinski definition) is 4. The summed E-state index contributed by atoms with van der Waals surface area (Å²) in [6.07, 6.45) is -0.894. The van der Waals surface area contributed by atoms with Crippen LogP contribution in [0.1, 0.15) is 6.92 Å². The molecule has 1 unspecified atom stereocenters. The molecule has 0 bridgehead atoms. The molecular weight excluding hydrogens is 166 g/mol. The van der Waals surface area contributed by atoms with Crippen molar-refractivity contribution in [1.29, 1.82) is 0 Å². The summed E-state index contributed by atoms with van der Waals surface area (Å²) in [5, 5.41) is 8.52. The number of imide groups is 1. The Morgan fingerprint density at radius 3 is 2.58 bits per heavy atom. The Morgan fingerprint density at radius 1 is 1.67 bits per heavy atom. The van der Waals surface area contributed by atoms with Gasteiger partial charge in [0.25, 0.3) is 0 Å². The van der Waals surface area contributed by atoms with E-state index in [-0.39, 0.29) is 6.61 Å². The molecule has 1 heterocycles. The number of nitrogens with zero attached hydrogens (tertiary/aromatic N) is 1. The van der Waals surface area contributed by atoms with Gasteiger partial charge in [-0.15, -0.1) is 0 Å². The van der Waals surface area contributed by atoms with Crippen LogP contribution in [0.25, 0.3) is 0 Å². The number of amides is 2. The first-order valence-electron chi connectivity index (χ1n) is 3.23. The van der Waals surface area contributed by atoms with E-state index in [4.69, 9.17) is 5.11 Å². The molecule has 2 amide bonds. The normalized spacial score (nSPS) is 22.2. The van der Waals surface area contributed by atoms with Gasteiger partial charge in [-0.2, -0.15) is 0 Å². The molecule has 0 spiro atoms. The molecule has 0 saturated carbocycles. The highest BCUT2D eigenvalue weighted by Gasteiger charge is 2.40. The quantitative estimate of drug-likeness (QED) is 0.574. The number of carboxylic acids is 1. The van der Waals surface area contributed by atoms with Gasteiger partial charge in [-0.3, -0.25) is 4.79 Å². The largest absolute Gasteiger partial charge is 0.480 e. The molecule has 0 aromatic carbocycles. The fourth-order valence-corrected chi connectivity index (χ4v) is 0.951. The van der Waals surface area contributed by atoms with Crippen molar-refractivity contribution < 1.29 is 24.2 Å². The van der Waals surface area contributed by atoms with Gasteiger partial charge in [0.05, 0.1) is 0 Å². The highest BCUT2D eigenvalue weighted by atomic mass is 16.6. The lowest BCUT2D eigenvalue weighted by Gasteiger charge is -2.12. The van der Waals surface area contributed by atoms with Crippen molar-refractivity contribution in [2.45, 2.75) is 13.0 Å². The van der Waals surface area contributed by atoms with E-state index in [1.54, 1.807) is 0 Å². The van der Waals surface area contributed by atoms with Crippen molar-refractivity contribution >= 4 is 18.0 Å². The molecule has 12 heavy (non-hydrogen) atoms. The summed E-state index contributed by atoms with van der Waals surface area (Å²) >= 11 is 0. The second-order valence-electron chi connectivity index (χ2n) is 2.32. The first kappa shape index (κ1) is 8.51. The van der Waals surface area contributed by atoms with E-state index in [0.717, 1.165) is 6.92 Å². The van der Waals surface area contributed by atoms with Crippen molar-refractivity contribution in [1.82, 2.24) is 4.90 Å². The van der Waals surface area contributed by atoms with Crippen LogP contribution in [0.15, 0.2) is 0 Å². The highest BCUT2D eigenvalue weighted by molar-refractivity contribution is 5.97. The number of carboxylic acid groups (broad SMARTS) is 1. The summed E-state index contributed by atoms with van der Waals surface area (Å²) in [5.74, 6) is -1.86. The molecule has 1 N–H and O–H groups in total. The van der Waals surface area contributed by atoms with Gasteiger partial charge < -0.3 is 9.84 Å². The predicted octanol–water partition coefficient (Wildman–Crippen LogP) is -0.562. The maximum Gasteiger partial charge on any atom is 0.417 e. The molecule has 1 aliphatic rings. The minimum absolute atomic E-state index is 0.270. The minimum Gasteiger partial charge on any atom is -0.480 e. The minimum atomic E-state index is -1.24. The van der Waals surface area contributed by atoms with Crippen LogP contribution < -0.4 is 0 Å². The molecule has 6 heteroatoms. The second kappa shape index (κ2) is 2.80. The van der Waals surface area contributed by atoms with Gasteiger partial charge in [-0.05, 0) is 0 Å². The zero-order valence-electron chi connectivity index (χ0n) is 6.31. The summed E-state index contributed by atoms with van der Waals surface area (Å²) in [7, 11) is 0. The van der Waals surface area contributed by atoms with E-state index in [0.29, 0.717) is 4.90 Å². The van der Waals surface area contributed by atoms with Gasteiger partial charge in [0.2, 0.25) is 5.91 Å². The lowest BCUT2D eigenvalue weighted by Crippen LogP contribution is -2.42. The molecule has 0 aromatic heterocycles. The van der Waals surface area contributed by atoms with Gasteiger partial charge in [0.15, 0.2) is 6.04 Å². The summed E-state index contributed by atoms with van der Waals surface area (Å²) in [6, 6.07) is -1.17. The van der Waals surface area contributed by atoms with Crippen LogP contribution in [0.3, 0.4) is 0 Å². The Morgan fingerprint density at radius 2 is 2.25 bits per heavy atom. The van der Waals surface area contributed by atoms with Crippen molar-refractivity contribution in [3.63, 3.8) is 0 Å². The molecule has 0 aliphatic carbocycles. The lowest BCUT2D eigenvalue weighted by atomic mass is 10.3. The third-order valence-electron chi connectivity index (χ3n) is 1.50. The van der Waals surface area contributed by atoms with Crippen LogP contribution in [-0.4, -0.2) is 40.6 Å². The van der Waals surface area contributed by atoms with Gasteiger partial charge in [-0.25, -0.2) is 14.5 Å². The molecule has 1 aliphatic heterocycles. The lowest BCUT2D eigenvalue weighted by molar-refractivity contribution is -0.145. The maximum absolute atomic E-state index is 10.8. The average Bonchev–Trinajstić information content (AvgIpc) is 2.30. The number of rotatable bonds is 1. The highest BCUT2D eigenvalue weighted by Crippen LogP contribution is 2.12. The Kier molecular flexibility index (Phi) is 1.99. The number of ether oxygens (including phenoxy) is 1. The summed E-state index contributed by atoms with van der Waals surface area (Å²) in [4.78, 5) is 32.5. The van der Waals surface area contributed by atoms with E-state index in [1.807, 2.05) is 0 Å². The molecule has 1 atom stereocenters. The molecule has 6 nitrogen and oxygen atoms in total. The van der Waals surface area contributed by atoms with E-state index >= 15 is 0 Å². The van der Waals surface area contributed by atoms with Crippen molar-refractivity contribution in [3.8, 4) is 0 Å². The number of cyclic esters (lactones) is 1. The fraction of sp³-hybridized carbons (Fsp3) is 0.500. The average molecular weight is 173 g/mol. The molecular formula is C6H7NO5. The molecule has 0 radical (unpaired) electrons. The number of aliphatic carboxylic acids is 1. The second-order valence-corrected chi connectivity index (χ2v) is 2.32. The van der Waals surface area contributed by atoms with E-state index in [9.17, 15) is 14.4 Å². The monoisotopic (exact) mass is 173 g/mol. The fourth-order valence-electron chi connectivity index (χ4n) is 0.951. The van der Waals surface area contributed by atoms with Crippen molar-refractivity contribution in [2.24, 2.45) is 0 Å². The van der Waals surface area contributed by atoms with E-state index < -0.39 is 24.0 Å². The Balaban J connectivity index is 2.84. The maximum atomic E-state index is 10.8. The van der Waals surface area contributed by atoms with Crippen molar-refractivity contribution in [3.05, 3.63) is 0 Å². The van der Waals surface area contributed by atoms with Gasteiger partial charge in [0.1, 0.15) is 6.61 Å². The zero-order chi connectivity index (χ0) is 9.30. The SMILES string of the molecule is CC(=O)N1C(=O)OCC1C(=O)O. The van der Waals surface area contributed by atoms with Crippen LogP contribution in [0, 0.1) is 0 Å². The van der Waals surface area contributed by atoms with E-state index in [2.05, 4.69) is 4.74 Å². The standard InChI is InChI=1S/C6H7NO5/c1-3(8)7-4(5(9)10)2-12-6(7)11/h4H,2H2,1H3,(H,9,10). The molecule has 1 fully saturated rings. The smallest absolute Gasteiger partial charge is 0.417 e. The first-order chi connectivity index (χ1) is 5.54. The van der Waals surface area contributed by atoms with Crippen LogP contribution in [0.2, 0.25) is 0 Å². The Labute approximate surface area is 67.7 Å². The van der Waals surface area contributed by atoms with Crippen LogP contribution >= 0.6 is 0 Å². The first-order valence-corrected chi connectivity index (χ1v) is 3.23. The summed E-state index contributed by atoms with van der Waals surface area (Å²) in [6.45, 7) is 0.844. The topological polar surface area (TPSA) is 83.9 Å². The van der Waals surface area contributed by atoms with Gasteiger partial charge in [0, 0.05) is 6.92 Å². The molecule has 1 saturated heterocycles. The van der Waals surface area contributed by atoms with Crippen LogP contribution in [0.4, 0.5) is 4.79 Å². The zero-order valence-corrected chi connectivity index (χ0v) is 6.31. The number of carbonyl (C=O) groups excluding carboxylic acids is 2. The molecule has 1 rings (SSSR count). The van der Waals surface area contributed by atoms with Crippen molar-refractivity contribution in [2.75, 3.05) is 6.61 Å². The predicted molar refractivity (Wildman–Crippen MR) is 35.3 cm³/mol. The third-order valence-corrected chi connectivity index (χ3v) is 1.50. The van der Waals surface area contributed by atoms with Crippen LogP contribution in [-0.2, 0) is 14.3 Å². The number of carbonyl (C=O) groups is 3. The summed E-state index contributed by atoms with van der Waals surface area (Å²) in [5.41, 5.74) is 0. The third kappa shape index (κ3) is 1.23.